The zero-order valence-electron chi connectivity index (χ0n) is 11.2. The van der Waals surface area contributed by atoms with Crippen molar-refractivity contribution in [1.29, 1.82) is 0 Å². The Kier molecular flexibility index (Phi) is 4.25. The van der Waals surface area contributed by atoms with Crippen LogP contribution in [0.1, 0.15) is 46.0 Å². The quantitative estimate of drug-likeness (QED) is 0.725. The highest BCUT2D eigenvalue weighted by Crippen LogP contribution is 2.32. The van der Waals surface area contributed by atoms with Crippen molar-refractivity contribution in [1.82, 2.24) is 0 Å². The topological polar surface area (TPSA) is 52.6 Å². The molecule has 0 N–H and O–H groups in total. The number of hydrogen-bond donors (Lipinski definition) is 0. The fourth-order valence-electron chi connectivity index (χ4n) is 3.11. The van der Waals surface area contributed by atoms with E-state index in [1.54, 1.807) is 0 Å². The Morgan fingerprint density at radius 2 is 2.11 bits per heavy atom. The molecule has 0 amide bonds. The highest BCUT2D eigenvalue weighted by atomic mass is 16.5. The number of carbonyl (C=O) groups excluding carboxylic acids is 2. The normalized spacial score (nSPS) is 34.7. The molecule has 4 heteroatoms. The van der Waals surface area contributed by atoms with Crippen LogP contribution in [0.4, 0.5) is 0 Å². The van der Waals surface area contributed by atoms with Crippen LogP contribution in [-0.4, -0.2) is 24.6 Å². The molecule has 0 radical (unpaired) electrons. The minimum atomic E-state index is -0.0756. The van der Waals surface area contributed by atoms with Gasteiger partial charge in [0.15, 0.2) is 0 Å². The molecule has 2 saturated heterocycles. The molecule has 4 nitrogen and oxygen atoms in total. The maximum Gasteiger partial charge on any atom is 0.306 e. The van der Waals surface area contributed by atoms with Crippen LogP contribution in [0.2, 0.25) is 0 Å². The largest absolute Gasteiger partial charge is 0.465 e. The van der Waals surface area contributed by atoms with Gasteiger partial charge in [-0.2, -0.15) is 0 Å². The second kappa shape index (κ2) is 5.72. The fourth-order valence-corrected chi connectivity index (χ4v) is 3.11. The molecule has 0 aliphatic carbocycles. The second-order valence-electron chi connectivity index (χ2n) is 5.80. The monoisotopic (exact) mass is 254 g/mol. The van der Waals surface area contributed by atoms with Crippen molar-refractivity contribution in [3.05, 3.63) is 0 Å². The number of cyclic esters (lactones) is 2. The highest BCUT2D eigenvalue weighted by molar-refractivity contribution is 5.70. The molecule has 2 heterocycles. The molecule has 2 rings (SSSR count). The highest BCUT2D eigenvalue weighted by Gasteiger charge is 2.31. The number of rotatable bonds is 3. The van der Waals surface area contributed by atoms with E-state index in [9.17, 15) is 9.59 Å². The molecule has 2 aliphatic heterocycles. The van der Waals surface area contributed by atoms with Gasteiger partial charge in [0.25, 0.3) is 0 Å². The lowest BCUT2D eigenvalue weighted by Gasteiger charge is -2.32. The molecule has 0 saturated carbocycles. The fraction of sp³-hybridized carbons (Fsp3) is 0.857. The first-order valence-electron chi connectivity index (χ1n) is 6.89. The molecule has 0 aromatic heterocycles. The zero-order chi connectivity index (χ0) is 13.1. The summed E-state index contributed by atoms with van der Waals surface area (Å²) in [6.45, 7) is 4.71. The van der Waals surface area contributed by atoms with Crippen molar-refractivity contribution in [2.45, 2.75) is 52.1 Å². The van der Waals surface area contributed by atoms with Gasteiger partial charge in [0.2, 0.25) is 0 Å². The Labute approximate surface area is 108 Å². The zero-order valence-corrected chi connectivity index (χ0v) is 11.2. The summed E-state index contributed by atoms with van der Waals surface area (Å²) >= 11 is 0. The molecule has 0 spiro atoms. The van der Waals surface area contributed by atoms with Crippen LogP contribution >= 0.6 is 0 Å². The van der Waals surface area contributed by atoms with E-state index in [2.05, 4.69) is 6.92 Å². The van der Waals surface area contributed by atoms with Gasteiger partial charge in [0.05, 0.1) is 12.7 Å². The van der Waals surface area contributed by atoms with E-state index in [0.29, 0.717) is 37.2 Å². The van der Waals surface area contributed by atoms with Crippen molar-refractivity contribution < 1.29 is 19.1 Å². The first kappa shape index (κ1) is 13.4. The lowest BCUT2D eigenvalue weighted by Crippen LogP contribution is -2.31. The minimum Gasteiger partial charge on any atom is -0.465 e. The van der Waals surface area contributed by atoms with E-state index in [1.165, 1.54) is 0 Å². The number of esters is 2. The lowest BCUT2D eigenvalue weighted by molar-refractivity contribution is -0.156. The van der Waals surface area contributed by atoms with Gasteiger partial charge in [-0.05, 0) is 43.9 Å². The smallest absolute Gasteiger partial charge is 0.306 e. The van der Waals surface area contributed by atoms with E-state index in [4.69, 9.17) is 9.47 Å². The van der Waals surface area contributed by atoms with E-state index in [-0.39, 0.29) is 18.0 Å². The molecule has 4 atom stereocenters. The molecular weight excluding hydrogens is 232 g/mol. The number of carbonyl (C=O) groups is 2. The van der Waals surface area contributed by atoms with E-state index >= 15 is 0 Å². The average molecular weight is 254 g/mol. The number of hydrogen-bond acceptors (Lipinski definition) is 4. The third-order valence-electron chi connectivity index (χ3n) is 4.14. The van der Waals surface area contributed by atoms with Crippen LogP contribution in [-0.2, 0) is 19.1 Å². The van der Waals surface area contributed by atoms with Crippen LogP contribution in [0.25, 0.3) is 0 Å². The third-order valence-corrected chi connectivity index (χ3v) is 4.14. The molecule has 2 aliphatic rings. The third kappa shape index (κ3) is 3.47. The van der Waals surface area contributed by atoms with Crippen LogP contribution in [0.3, 0.4) is 0 Å². The lowest BCUT2D eigenvalue weighted by atomic mass is 9.79. The summed E-state index contributed by atoms with van der Waals surface area (Å²) in [6, 6.07) is 0. The predicted octanol–water partition coefficient (Wildman–Crippen LogP) is 2.31. The van der Waals surface area contributed by atoms with Crippen LogP contribution < -0.4 is 0 Å². The Morgan fingerprint density at radius 3 is 2.72 bits per heavy atom. The molecule has 0 aromatic rings. The summed E-state index contributed by atoms with van der Waals surface area (Å²) < 4.78 is 10.3. The standard InChI is InChI=1S/C14H22O4/c1-9(12-3-4-13(15)17-8-12)5-11-6-10(2)18-14(16)7-11/h9-12H,3-8H2,1-2H3. The van der Waals surface area contributed by atoms with Crippen LogP contribution in [0, 0.1) is 17.8 Å². The molecule has 2 fully saturated rings. The molecular formula is C14H22O4. The predicted molar refractivity (Wildman–Crippen MR) is 65.7 cm³/mol. The summed E-state index contributed by atoms with van der Waals surface area (Å²) in [6.07, 6.45) is 4.05. The van der Waals surface area contributed by atoms with Crippen molar-refractivity contribution in [3.8, 4) is 0 Å². The summed E-state index contributed by atoms with van der Waals surface area (Å²) in [5.74, 6) is 1.24. The Hall–Kier alpha value is -1.06. The van der Waals surface area contributed by atoms with Crippen molar-refractivity contribution in [2.75, 3.05) is 6.61 Å². The molecule has 102 valence electrons. The van der Waals surface area contributed by atoms with Crippen LogP contribution in [0.15, 0.2) is 0 Å². The van der Waals surface area contributed by atoms with Gasteiger partial charge in [0.1, 0.15) is 0 Å². The Balaban J connectivity index is 1.81. The number of ether oxygens (including phenoxy) is 2. The Morgan fingerprint density at radius 1 is 1.33 bits per heavy atom. The van der Waals surface area contributed by atoms with Crippen LogP contribution in [0.5, 0.6) is 0 Å². The summed E-state index contributed by atoms with van der Waals surface area (Å²) in [7, 11) is 0. The van der Waals surface area contributed by atoms with E-state index < -0.39 is 0 Å². The average Bonchev–Trinajstić information content (AvgIpc) is 2.28. The summed E-state index contributed by atoms with van der Waals surface area (Å²) in [5, 5.41) is 0. The van der Waals surface area contributed by atoms with Gasteiger partial charge in [-0.1, -0.05) is 6.92 Å². The van der Waals surface area contributed by atoms with Gasteiger partial charge in [-0.25, -0.2) is 0 Å². The molecule has 4 unspecified atom stereocenters. The maximum absolute atomic E-state index is 11.4. The van der Waals surface area contributed by atoms with Crippen molar-refractivity contribution in [2.24, 2.45) is 17.8 Å². The maximum atomic E-state index is 11.4. The van der Waals surface area contributed by atoms with E-state index in [0.717, 1.165) is 19.3 Å². The summed E-state index contributed by atoms with van der Waals surface area (Å²) in [5.41, 5.74) is 0. The molecule has 0 bridgehead atoms. The van der Waals surface area contributed by atoms with Gasteiger partial charge >= 0.3 is 11.9 Å². The SMILES string of the molecule is CC1CC(CC(C)C2CCC(=O)OC2)CC(=O)O1. The summed E-state index contributed by atoms with van der Waals surface area (Å²) in [4.78, 5) is 22.4. The van der Waals surface area contributed by atoms with Gasteiger partial charge in [-0.15, -0.1) is 0 Å². The first-order valence-corrected chi connectivity index (χ1v) is 6.89. The molecule has 0 aromatic carbocycles. The van der Waals surface area contributed by atoms with Gasteiger partial charge in [0, 0.05) is 12.8 Å². The van der Waals surface area contributed by atoms with Gasteiger partial charge < -0.3 is 9.47 Å². The van der Waals surface area contributed by atoms with Gasteiger partial charge in [-0.3, -0.25) is 9.59 Å². The molecule has 18 heavy (non-hydrogen) atoms. The van der Waals surface area contributed by atoms with E-state index in [1.807, 2.05) is 6.92 Å². The second-order valence-corrected chi connectivity index (χ2v) is 5.80. The Bertz CT molecular complexity index is 316. The van der Waals surface area contributed by atoms with Crippen molar-refractivity contribution >= 4 is 11.9 Å². The minimum absolute atomic E-state index is 0.0487. The first-order chi connectivity index (χ1) is 8.54. The van der Waals surface area contributed by atoms with Crippen molar-refractivity contribution in [3.63, 3.8) is 0 Å².